The average molecular weight is 364 g/mol. The van der Waals surface area contributed by atoms with Crippen LogP contribution in [0.5, 0.6) is 0 Å². The predicted molar refractivity (Wildman–Crippen MR) is 85.5 cm³/mol. The van der Waals surface area contributed by atoms with E-state index in [1.807, 2.05) is 0 Å². The van der Waals surface area contributed by atoms with Crippen LogP contribution in [-0.2, 0) is 0 Å². The molecule has 112 valence electrons. The number of rotatable bonds is 4. The maximum atomic E-state index is 14.4. The highest BCUT2D eigenvalue weighted by molar-refractivity contribution is 9.10. The zero-order valence-electron chi connectivity index (χ0n) is 11.9. The normalized spacial score (nSPS) is 20.9. The first kappa shape index (κ1) is 16.2. The fraction of sp³-hybridized carbons (Fsp3) is 0.600. The lowest BCUT2D eigenvalue weighted by Crippen LogP contribution is -2.52. The van der Waals surface area contributed by atoms with Crippen LogP contribution in [0, 0.1) is 5.82 Å². The Morgan fingerprint density at radius 1 is 1.45 bits per heavy atom. The van der Waals surface area contributed by atoms with Gasteiger partial charge in [0.1, 0.15) is 5.82 Å². The van der Waals surface area contributed by atoms with Gasteiger partial charge in [-0.1, -0.05) is 24.6 Å². The summed E-state index contributed by atoms with van der Waals surface area (Å²) in [7, 11) is 0. The van der Waals surface area contributed by atoms with Crippen LogP contribution >= 0.6 is 27.5 Å². The van der Waals surface area contributed by atoms with Gasteiger partial charge in [0.2, 0.25) is 0 Å². The molecule has 1 saturated heterocycles. The Hall–Kier alpha value is -0.160. The van der Waals surface area contributed by atoms with Crippen LogP contribution in [-0.4, -0.2) is 23.5 Å². The molecule has 0 bridgehead atoms. The lowest BCUT2D eigenvalue weighted by Gasteiger charge is -2.43. The standard InChI is InChI=1S/C15H21BrClFN2/c1-3-15(2,20-8-4-5-9-20)14(19)10-6-7-11(16)12(17)13(10)18/h6-7,14H,3-5,8-9,19H2,1-2H3. The highest BCUT2D eigenvalue weighted by atomic mass is 79.9. The Bertz CT molecular complexity index is 491. The van der Waals surface area contributed by atoms with Gasteiger partial charge in [-0.2, -0.15) is 0 Å². The van der Waals surface area contributed by atoms with E-state index in [1.54, 1.807) is 12.1 Å². The summed E-state index contributed by atoms with van der Waals surface area (Å²) < 4.78 is 15.0. The van der Waals surface area contributed by atoms with E-state index in [4.69, 9.17) is 17.3 Å². The molecule has 2 unspecified atom stereocenters. The summed E-state index contributed by atoms with van der Waals surface area (Å²) in [6.45, 7) is 6.29. The first-order chi connectivity index (χ1) is 9.41. The molecular weight excluding hydrogens is 343 g/mol. The van der Waals surface area contributed by atoms with Crippen LogP contribution in [0.15, 0.2) is 16.6 Å². The molecule has 0 spiro atoms. The zero-order chi connectivity index (χ0) is 14.9. The van der Waals surface area contributed by atoms with Crippen molar-refractivity contribution in [2.45, 2.75) is 44.7 Å². The summed E-state index contributed by atoms with van der Waals surface area (Å²) in [6.07, 6.45) is 3.25. The number of hydrogen-bond donors (Lipinski definition) is 1. The van der Waals surface area contributed by atoms with Crippen molar-refractivity contribution < 1.29 is 4.39 Å². The van der Waals surface area contributed by atoms with E-state index in [2.05, 4.69) is 34.7 Å². The molecule has 20 heavy (non-hydrogen) atoms. The minimum atomic E-state index is -0.410. The van der Waals surface area contributed by atoms with E-state index in [-0.39, 0.29) is 10.6 Å². The molecule has 1 aromatic carbocycles. The number of benzene rings is 1. The molecule has 0 aliphatic carbocycles. The van der Waals surface area contributed by atoms with E-state index >= 15 is 0 Å². The fourth-order valence-corrected chi connectivity index (χ4v) is 3.46. The van der Waals surface area contributed by atoms with Crippen LogP contribution in [0.2, 0.25) is 5.02 Å². The van der Waals surface area contributed by atoms with Gasteiger partial charge in [0.15, 0.2) is 0 Å². The molecule has 2 nitrogen and oxygen atoms in total. The van der Waals surface area contributed by atoms with Gasteiger partial charge in [-0.05, 0) is 61.3 Å². The molecule has 0 aromatic heterocycles. The van der Waals surface area contributed by atoms with Gasteiger partial charge >= 0.3 is 0 Å². The quantitative estimate of drug-likeness (QED) is 0.798. The van der Waals surface area contributed by atoms with E-state index in [9.17, 15) is 4.39 Å². The molecule has 2 atom stereocenters. The lowest BCUT2D eigenvalue weighted by atomic mass is 9.83. The minimum absolute atomic E-state index is 0.109. The van der Waals surface area contributed by atoms with Crippen molar-refractivity contribution in [3.63, 3.8) is 0 Å². The third-order valence-corrected chi connectivity index (χ3v) is 5.87. The van der Waals surface area contributed by atoms with Crippen molar-refractivity contribution in [1.29, 1.82) is 0 Å². The molecule has 2 rings (SSSR count). The van der Waals surface area contributed by atoms with E-state index in [0.29, 0.717) is 10.0 Å². The topological polar surface area (TPSA) is 29.3 Å². The molecule has 0 amide bonds. The zero-order valence-corrected chi connectivity index (χ0v) is 14.3. The van der Waals surface area contributed by atoms with Crippen molar-refractivity contribution in [1.82, 2.24) is 4.90 Å². The van der Waals surface area contributed by atoms with Gasteiger partial charge in [-0.3, -0.25) is 4.90 Å². The maximum Gasteiger partial charge on any atom is 0.147 e. The van der Waals surface area contributed by atoms with Crippen molar-refractivity contribution in [3.05, 3.63) is 33.0 Å². The second kappa shape index (κ2) is 6.30. The molecule has 1 aliphatic rings. The third kappa shape index (κ3) is 2.76. The number of nitrogens with two attached hydrogens (primary N) is 1. The van der Waals surface area contributed by atoms with Gasteiger partial charge in [0, 0.05) is 15.6 Å². The SMILES string of the molecule is CCC(C)(C(N)c1ccc(Br)c(Cl)c1F)N1CCCC1. The molecule has 0 radical (unpaired) electrons. The van der Waals surface area contributed by atoms with Crippen LogP contribution in [0.3, 0.4) is 0 Å². The Morgan fingerprint density at radius 2 is 2.05 bits per heavy atom. The Morgan fingerprint density at radius 3 is 2.60 bits per heavy atom. The second-order valence-corrected chi connectivity index (χ2v) is 6.88. The maximum absolute atomic E-state index is 14.4. The summed E-state index contributed by atoms with van der Waals surface area (Å²) in [4.78, 5) is 2.38. The minimum Gasteiger partial charge on any atom is -0.322 e. The molecule has 0 saturated carbocycles. The highest BCUT2D eigenvalue weighted by Gasteiger charge is 2.39. The molecular formula is C15H21BrClFN2. The van der Waals surface area contributed by atoms with Gasteiger partial charge in [0.25, 0.3) is 0 Å². The van der Waals surface area contributed by atoms with Gasteiger partial charge in [-0.15, -0.1) is 0 Å². The van der Waals surface area contributed by atoms with Crippen molar-refractivity contribution in [2.75, 3.05) is 13.1 Å². The van der Waals surface area contributed by atoms with Crippen LogP contribution in [0.1, 0.15) is 44.7 Å². The molecule has 1 aromatic rings. The molecule has 2 N–H and O–H groups in total. The number of hydrogen-bond acceptors (Lipinski definition) is 2. The molecule has 1 heterocycles. The van der Waals surface area contributed by atoms with Crippen LogP contribution in [0.4, 0.5) is 4.39 Å². The first-order valence-corrected chi connectivity index (χ1v) is 8.23. The molecule has 5 heteroatoms. The highest BCUT2D eigenvalue weighted by Crippen LogP contribution is 2.38. The van der Waals surface area contributed by atoms with Crippen molar-refractivity contribution in [3.8, 4) is 0 Å². The summed E-state index contributed by atoms with van der Waals surface area (Å²) in [5.41, 5.74) is 6.68. The number of nitrogens with zero attached hydrogens (tertiary/aromatic N) is 1. The number of likely N-dealkylation sites (tertiary alicyclic amines) is 1. The fourth-order valence-electron chi connectivity index (χ4n) is 2.98. The van der Waals surface area contributed by atoms with E-state index in [1.165, 1.54) is 12.8 Å². The van der Waals surface area contributed by atoms with Crippen LogP contribution < -0.4 is 5.73 Å². The average Bonchev–Trinajstić information content (AvgIpc) is 2.98. The monoisotopic (exact) mass is 362 g/mol. The Balaban J connectivity index is 2.38. The predicted octanol–water partition coefficient (Wildman–Crippen LogP) is 4.51. The summed E-state index contributed by atoms with van der Waals surface area (Å²) >= 11 is 9.23. The van der Waals surface area contributed by atoms with Crippen molar-refractivity contribution >= 4 is 27.5 Å². The smallest absolute Gasteiger partial charge is 0.147 e. The molecule has 1 aliphatic heterocycles. The van der Waals surface area contributed by atoms with E-state index < -0.39 is 11.9 Å². The largest absolute Gasteiger partial charge is 0.322 e. The van der Waals surface area contributed by atoms with Gasteiger partial charge < -0.3 is 5.73 Å². The van der Waals surface area contributed by atoms with Crippen LogP contribution in [0.25, 0.3) is 0 Å². The Labute approximate surface area is 133 Å². The van der Waals surface area contributed by atoms with E-state index in [0.717, 1.165) is 19.5 Å². The Kier molecular flexibility index (Phi) is 5.11. The lowest BCUT2D eigenvalue weighted by molar-refractivity contribution is 0.0986. The summed E-state index contributed by atoms with van der Waals surface area (Å²) in [5.74, 6) is -0.410. The summed E-state index contributed by atoms with van der Waals surface area (Å²) in [6, 6.07) is 3.11. The van der Waals surface area contributed by atoms with Crippen molar-refractivity contribution in [2.24, 2.45) is 5.73 Å². The molecule has 1 fully saturated rings. The number of halogens is 3. The summed E-state index contributed by atoms with van der Waals surface area (Å²) in [5, 5.41) is 0.109. The van der Waals surface area contributed by atoms with Gasteiger partial charge in [-0.25, -0.2) is 4.39 Å². The second-order valence-electron chi connectivity index (χ2n) is 5.65. The van der Waals surface area contributed by atoms with Gasteiger partial charge in [0.05, 0.1) is 11.1 Å². The first-order valence-electron chi connectivity index (χ1n) is 7.06. The third-order valence-electron chi connectivity index (χ3n) is 4.61.